The van der Waals surface area contributed by atoms with Gasteiger partial charge in [0.25, 0.3) is 0 Å². The van der Waals surface area contributed by atoms with Gasteiger partial charge < -0.3 is 14.0 Å². The Kier molecular flexibility index (Phi) is 3.93. The van der Waals surface area contributed by atoms with Gasteiger partial charge in [-0.15, -0.1) is 0 Å². The van der Waals surface area contributed by atoms with E-state index in [1.54, 1.807) is 6.20 Å². The first-order chi connectivity index (χ1) is 9.27. The fraction of sp³-hybridized carbons (Fsp3) is 0.692. The Bertz CT molecular complexity index is 457. The second-order valence-electron chi connectivity index (χ2n) is 6.02. The first-order valence-electron chi connectivity index (χ1n) is 6.68. The van der Waals surface area contributed by atoms with E-state index in [0.717, 1.165) is 5.69 Å². The normalized spacial score (nSPS) is 21.8. The van der Waals surface area contributed by atoms with Crippen LogP contribution in [-0.4, -0.2) is 41.6 Å². The number of carbonyl (C=O) groups is 1. The first-order valence-corrected chi connectivity index (χ1v) is 6.68. The maximum Gasteiger partial charge on any atom is 0.468 e. The third-order valence-corrected chi connectivity index (χ3v) is 4.14. The Labute approximate surface area is 119 Å². The van der Waals surface area contributed by atoms with Crippen molar-refractivity contribution >= 4 is 13.1 Å². The molecule has 0 bridgehead atoms. The van der Waals surface area contributed by atoms with Crippen LogP contribution < -0.4 is 0 Å². The Morgan fingerprint density at radius 3 is 2.45 bits per heavy atom. The van der Waals surface area contributed by atoms with Gasteiger partial charge in [-0.1, -0.05) is 0 Å². The molecule has 0 spiro atoms. The molecule has 1 saturated heterocycles. The summed E-state index contributed by atoms with van der Waals surface area (Å²) in [6.45, 7) is 7.93. The maximum atomic E-state index is 11.6. The highest BCUT2D eigenvalue weighted by molar-refractivity contribution is 6.48. The van der Waals surface area contributed by atoms with Gasteiger partial charge in [-0.3, -0.25) is 9.89 Å². The molecule has 1 N–H and O–H groups in total. The zero-order valence-electron chi connectivity index (χ0n) is 12.6. The summed E-state index contributed by atoms with van der Waals surface area (Å²) in [6, 6.07) is 1.82. The van der Waals surface area contributed by atoms with Gasteiger partial charge in [0, 0.05) is 17.7 Å². The number of carbonyl (C=O) groups excluding carboxylic acids is 1. The number of esters is 1. The van der Waals surface area contributed by atoms with Gasteiger partial charge in [-0.25, -0.2) is 0 Å². The van der Waals surface area contributed by atoms with Crippen molar-refractivity contribution in [2.45, 2.75) is 51.1 Å². The molecule has 1 aromatic heterocycles. The van der Waals surface area contributed by atoms with Gasteiger partial charge in [0.2, 0.25) is 0 Å². The summed E-state index contributed by atoms with van der Waals surface area (Å²) in [5.74, 6) is -0.578. The summed E-state index contributed by atoms with van der Waals surface area (Å²) in [5.41, 5.74) is -0.0770. The van der Waals surface area contributed by atoms with Gasteiger partial charge in [0.15, 0.2) is 0 Å². The van der Waals surface area contributed by atoms with Crippen molar-refractivity contribution in [3.05, 3.63) is 18.0 Å². The second-order valence-corrected chi connectivity index (χ2v) is 6.02. The highest BCUT2D eigenvalue weighted by atomic mass is 16.7. The van der Waals surface area contributed by atoms with E-state index in [1.807, 2.05) is 33.8 Å². The molecule has 0 radical (unpaired) electrons. The van der Waals surface area contributed by atoms with Crippen LogP contribution in [0.5, 0.6) is 0 Å². The largest absolute Gasteiger partial charge is 0.469 e. The number of H-pyrrole nitrogens is 1. The number of aromatic nitrogens is 2. The highest BCUT2D eigenvalue weighted by Gasteiger charge is 2.54. The van der Waals surface area contributed by atoms with E-state index >= 15 is 0 Å². The minimum atomic E-state index is -0.514. The molecule has 0 aliphatic carbocycles. The SMILES string of the molecule is COC(=O)CC(B1OC(C)(C)C(C)(C)O1)c1ccn[nH]1. The van der Waals surface area contributed by atoms with Crippen molar-refractivity contribution in [1.82, 2.24) is 10.2 Å². The topological polar surface area (TPSA) is 73.4 Å². The number of ether oxygens (including phenoxy) is 1. The third kappa shape index (κ3) is 2.74. The quantitative estimate of drug-likeness (QED) is 0.671. The molecule has 6 nitrogen and oxygen atoms in total. The van der Waals surface area contributed by atoms with Crippen LogP contribution in [0.15, 0.2) is 12.3 Å². The van der Waals surface area contributed by atoms with Crippen molar-refractivity contribution in [2.24, 2.45) is 0 Å². The molecule has 1 unspecified atom stereocenters. The third-order valence-electron chi connectivity index (χ3n) is 4.14. The number of hydrogen-bond donors (Lipinski definition) is 1. The van der Waals surface area contributed by atoms with Gasteiger partial charge in [0.1, 0.15) is 0 Å². The molecule has 1 aliphatic heterocycles. The minimum Gasteiger partial charge on any atom is -0.469 e. The Morgan fingerprint density at radius 2 is 2.00 bits per heavy atom. The van der Waals surface area contributed by atoms with E-state index in [1.165, 1.54) is 7.11 Å². The molecule has 0 aromatic carbocycles. The molecule has 110 valence electrons. The molecule has 0 amide bonds. The molecular weight excluding hydrogens is 259 g/mol. The molecule has 1 aliphatic rings. The van der Waals surface area contributed by atoms with Crippen LogP contribution in [0.3, 0.4) is 0 Å². The smallest absolute Gasteiger partial charge is 0.468 e. The van der Waals surface area contributed by atoms with Gasteiger partial charge in [-0.05, 0) is 33.8 Å². The Balaban J connectivity index is 2.23. The van der Waals surface area contributed by atoms with Gasteiger partial charge in [-0.2, -0.15) is 5.10 Å². The van der Waals surface area contributed by atoms with Crippen molar-refractivity contribution in [3.8, 4) is 0 Å². The van der Waals surface area contributed by atoms with E-state index in [2.05, 4.69) is 10.2 Å². The molecule has 2 heterocycles. The van der Waals surface area contributed by atoms with E-state index in [0.29, 0.717) is 0 Å². The minimum absolute atomic E-state index is 0.176. The van der Waals surface area contributed by atoms with Crippen LogP contribution in [0.1, 0.15) is 45.6 Å². The number of hydrogen-bond acceptors (Lipinski definition) is 5. The summed E-state index contributed by atoms with van der Waals surface area (Å²) in [5, 5.41) is 6.81. The van der Waals surface area contributed by atoms with Crippen LogP contribution in [0.4, 0.5) is 0 Å². The van der Waals surface area contributed by atoms with Crippen molar-refractivity contribution < 1.29 is 18.8 Å². The zero-order chi connectivity index (χ0) is 15.0. The van der Waals surface area contributed by atoms with E-state index < -0.39 is 18.3 Å². The molecular formula is C13H21BN2O4. The molecule has 1 aromatic rings. The van der Waals surface area contributed by atoms with Gasteiger partial charge in [0.05, 0.1) is 24.7 Å². The maximum absolute atomic E-state index is 11.6. The number of rotatable bonds is 4. The lowest BCUT2D eigenvalue weighted by atomic mass is 9.68. The monoisotopic (exact) mass is 280 g/mol. The second kappa shape index (κ2) is 5.22. The molecule has 0 saturated carbocycles. The van der Waals surface area contributed by atoms with E-state index in [9.17, 15) is 4.79 Å². The highest BCUT2D eigenvalue weighted by Crippen LogP contribution is 2.41. The predicted molar refractivity (Wildman–Crippen MR) is 74.0 cm³/mol. The molecule has 1 atom stereocenters. The molecule has 1 fully saturated rings. The number of methoxy groups -OCH3 is 1. The number of nitrogens with one attached hydrogen (secondary N) is 1. The summed E-state index contributed by atoms with van der Waals surface area (Å²) in [7, 11) is 0.857. The average Bonchev–Trinajstić information content (AvgIpc) is 2.93. The van der Waals surface area contributed by atoms with Crippen molar-refractivity contribution in [3.63, 3.8) is 0 Å². The van der Waals surface area contributed by atoms with Crippen LogP contribution in [0.2, 0.25) is 0 Å². The summed E-state index contributed by atoms with van der Waals surface area (Å²) < 4.78 is 16.8. The standard InChI is InChI=1S/C13H21BN2O4/c1-12(2)13(3,4)20-14(19-12)9(8-11(17)18-5)10-6-7-15-16-10/h6-7,9H,8H2,1-5H3,(H,15,16). The van der Waals surface area contributed by atoms with E-state index in [4.69, 9.17) is 14.0 Å². The van der Waals surface area contributed by atoms with Crippen LogP contribution in [0.25, 0.3) is 0 Å². The van der Waals surface area contributed by atoms with Crippen LogP contribution in [-0.2, 0) is 18.8 Å². The molecule has 7 heteroatoms. The number of nitrogens with zero attached hydrogens (tertiary/aromatic N) is 1. The molecule has 20 heavy (non-hydrogen) atoms. The summed E-state index contributed by atoms with van der Waals surface area (Å²) in [6.07, 6.45) is 1.82. The lowest BCUT2D eigenvalue weighted by molar-refractivity contribution is -0.140. The lowest BCUT2D eigenvalue weighted by Crippen LogP contribution is -2.41. The Hall–Kier alpha value is -1.34. The first kappa shape index (κ1) is 15.1. The fourth-order valence-corrected chi connectivity index (χ4v) is 2.14. The van der Waals surface area contributed by atoms with Crippen molar-refractivity contribution in [2.75, 3.05) is 7.11 Å². The summed E-state index contributed by atoms with van der Waals surface area (Å²) in [4.78, 5) is 11.6. The average molecular weight is 280 g/mol. The fourth-order valence-electron chi connectivity index (χ4n) is 2.14. The van der Waals surface area contributed by atoms with E-state index in [-0.39, 0.29) is 18.2 Å². The summed E-state index contributed by atoms with van der Waals surface area (Å²) >= 11 is 0. The predicted octanol–water partition coefficient (Wildman–Crippen LogP) is 1.69. The zero-order valence-corrected chi connectivity index (χ0v) is 12.6. The lowest BCUT2D eigenvalue weighted by Gasteiger charge is -2.32. The Morgan fingerprint density at radius 1 is 1.40 bits per heavy atom. The van der Waals surface area contributed by atoms with Crippen LogP contribution in [0, 0.1) is 0 Å². The van der Waals surface area contributed by atoms with Crippen molar-refractivity contribution in [1.29, 1.82) is 0 Å². The molecule has 2 rings (SSSR count). The number of aromatic amines is 1. The van der Waals surface area contributed by atoms with Gasteiger partial charge >= 0.3 is 13.1 Å². The van der Waals surface area contributed by atoms with Crippen LogP contribution >= 0.6 is 0 Å².